The van der Waals surface area contributed by atoms with E-state index in [1.807, 2.05) is 6.07 Å². The summed E-state index contributed by atoms with van der Waals surface area (Å²) in [5.74, 6) is 0.483. The lowest BCUT2D eigenvalue weighted by Gasteiger charge is -2.14. The molecule has 0 radical (unpaired) electrons. The average molecular weight is 555 g/mol. The summed E-state index contributed by atoms with van der Waals surface area (Å²) < 4.78 is 12.0. The third-order valence-electron chi connectivity index (χ3n) is 4.66. The molecule has 1 aliphatic rings. The van der Waals surface area contributed by atoms with Gasteiger partial charge >= 0.3 is 0 Å². The van der Waals surface area contributed by atoms with Crippen LogP contribution in [0.25, 0.3) is 6.08 Å². The van der Waals surface area contributed by atoms with Crippen molar-refractivity contribution in [3.05, 3.63) is 96.3 Å². The van der Waals surface area contributed by atoms with E-state index in [-0.39, 0.29) is 13.2 Å². The summed E-state index contributed by atoms with van der Waals surface area (Å²) in [5, 5.41) is 3.59. The molecule has 1 aliphatic heterocycles. The number of carbonyl (C=O) groups excluding carboxylic acids is 2. The Bertz CT molecular complexity index is 1310. The number of ether oxygens (including phenoxy) is 2. The summed E-state index contributed by atoms with van der Waals surface area (Å²) in [6.07, 6.45) is 1.61. The quantitative estimate of drug-likeness (QED) is 0.302. The Morgan fingerprint density at radius 3 is 1.85 bits per heavy atom. The molecule has 5 nitrogen and oxygen atoms in total. The summed E-state index contributed by atoms with van der Waals surface area (Å²) in [5.41, 5.74) is 2.30. The van der Waals surface area contributed by atoms with Crippen LogP contribution in [0.5, 0.6) is 11.5 Å². The van der Waals surface area contributed by atoms with Crippen LogP contribution in [0.1, 0.15) is 16.7 Å². The first kappa shape index (κ1) is 24.8. The third kappa shape index (κ3) is 6.20. The maximum Gasteiger partial charge on any atom is 0.290 e. The Morgan fingerprint density at radius 1 is 0.735 bits per heavy atom. The van der Waals surface area contributed by atoms with Crippen LogP contribution >= 0.6 is 58.2 Å². The molecule has 1 heterocycles. The van der Waals surface area contributed by atoms with Gasteiger partial charge in [0, 0.05) is 0 Å². The molecule has 0 saturated carbocycles. The Kier molecular flexibility index (Phi) is 7.96. The molecule has 4 rings (SSSR count). The standard InChI is InChI=1S/C24H15Cl4NO4S/c25-16-4-1-14(7-18(16)27)11-32-20-6-3-13(10-22-23(30)29-24(31)34-22)9-21(20)33-12-15-2-5-17(26)19(28)8-15/h1-10H,11-12H2,(H,29,30,31)/b22-10-. The van der Waals surface area contributed by atoms with Gasteiger partial charge in [0.2, 0.25) is 0 Å². The van der Waals surface area contributed by atoms with Gasteiger partial charge < -0.3 is 9.47 Å². The number of imide groups is 1. The Morgan fingerprint density at radius 2 is 1.32 bits per heavy atom. The highest BCUT2D eigenvalue weighted by atomic mass is 35.5. The average Bonchev–Trinajstić information content (AvgIpc) is 3.12. The monoisotopic (exact) mass is 553 g/mol. The maximum absolute atomic E-state index is 11.9. The van der Waals surface area contributed by atoms with Crippen LogP contribution in [0.15, 0.2) is 59.5 Å². The molecule has 1 fully saturated rings. The van der Waals surface area contributed by atoms with Gasteiger partial charge in [-0.2, -0.15) is 0 Å². The van der Waals surface area contributed by atoms with Crippen LogP contribution in [0.4, 0.5) is 4.79 Å². The van der Waals surface area contributed by atoms with Crippen molar-refractivity contribution in [3.63, 3.8) is 0 Å². The molecule has 1 N–H and O–H groups in total. The Balaban J connectivity index is 1.58. The first-order valence-electron chi connectivity index (χ1n) is 9.81. The number of benzene rings is 3. The van der Waals surface area contributed by atoms with Gasteiger partial charge in [0.15, 0.2) is 11.5 Å². The molecule has 0 unspecified atom stereocenters. The molecule has 2 amide bonds. The van der Waals surface area contributed by atoms with Crippen LogP contribution in [-0.4, -0.2) is 11.1 Å². The zero-order valence-electron chi connectivity index (χ0n) is 17.2. The van der Waals surface area contributed by atoms with Crippen LogP contribution in [-0.2, 0) is 18.0 Å². The van der Waals surface area contributed by atoms with Gasteiger partial charge in [-0.3, -0.25) is 14.9 Å². The molecule has 0 aliphatic carbocycles. The number of amides is 2. The summed E-state index contributed by atoms with van der Waals surface area (Å²) in [6.45, 7) is 0.432. The molecule has 10 heteroatoms. The molecule has 34 heavy (non-hydrogen) atoms. The fraction of sp³-hybridized carbons (Fsp3) is 0.0833. The zero-order chi connectivity index (χ0) is 24.2. The number of carbonyl (C=O) groups is 2. The number of rotatable bonds is 7. The van der Waals surface area contributed by atoms with E-state index < -0.39 is 11.1 Å². The second kappa shape index (κ2) is 10.9. The van der Waals surface area contributed by atoms with Crippen molar-refractivity contribution < 1.29 is 19.1 Å². The van der Waals surface area contributed by atoms with Gasteiger partial charge in [0.25, 0.3) is 11.1 Å². The molecular weight excluding hydrogens is 540 g/mol. The van der Waals surface area contributed by atoms with Crippen LogP contribution < -0.4 is 14.8 Å². The van der Waals surface area contributed by atoms with Crippen molar-refractivity contribution in [3.8, 4) is 11.5 Å². The minimum absolute atomic E-state index is 0.202. The number of hydrogen-bond acceptors (Lipinski definition) is 5. The summed E-state index contributed by atoms with van der Waals surface area (Å²) in [6, 6.07) is 15.7. The van der Waals surface area contributed by atoms with Crippen molar-refractivity contribution in [2.24, 2.45) is 0 Å². The molecule has 174 valence electrons. The highest BCUT2D eigenvalue weighted by molar-refractivity contribution is 8.18. The zero-order valence-corrected chi connectivity index (χ0v) is 21.1. The van der Waals surface area contributed by atoms with Crippen molar-refractivity contribution in [1.82, 2.24) is 5.32 Å². The minimum atomic E-state index is -0.437. The first-order valence-corrected chi connectivity index (χ1v) is 12.1. The SMILES string of the molecule is O=C1NC(=O)/C(=C/c2ccc(OCc3ccc(Cl)c(Cl)c3)c(OCc3ccc(Cl)c(Cl)c3)c2)S1. The first-order chi connectivity index (χ1) is 16.3. The van der Waals surface area contributed by atoms with Gasteiger partial charge in [0.1, 0.15) is 13.2 Å². The molecule has 3 aromatic carbocycles. The second-order valence-corrected chi connectivity index (χ2v) is 9.78. The van der Waals surface area contributed by atoms with E-state index in [0.717, 1.165) is 22.9 Å². The summed E-state index contributed by atoms with van der Waals surface area (Å²) in [7, 11) is 0. The maximum atomic E-state index is 11.9. The highest BCUT2D eigenvalue weighted by Crippen LogP contribution is 2.34. The number of hydrogen-bond donors (Lipinski definition) is 1. The molecule has 0 bridgehead atoms. The largest absolute Gasteiger partial charge is 0.485 e. The van der Waals surface area contributed by atoms with E-state index in [1.165, 1.54) is 0 Å². The summed E-state index contributed by atoms with van der Waals surface area (Å²) >= 11 is 25.0. The van der Waals surface area contributed by atoms with Crippen molar-refractivity contribution in [2.45, 2.75) is 13.2 Å². The fourth-order valence-corrected chi connectivity index (χ4v) is 4.32. The van der Waals surface area contributed by atoms with Gasteiger partial charge in [-0.25, -0.2) is 0 Å². The molecule has 0 aromatic heterocycles. The molecular formula is C24H15Cl4NO4S. The molecule has 3 aromatic rings. The van der Waals surface area contributed by atoms with Gasteiger partial charge in [0.05, 0.1) is 25.0 Å². The molecule has 0 spiro atoms. The smallest absolute Gasteiger partial charge is 0.290 e. The van der Waals surface area contributed by atoms with Crippen molar-refractivity contribution in [2.75, 3.05) is 0 Å². The number of halogens is 4. The predicted octanol–water partition coefficient (Wildman–Crippen LogP) is 7.78. The highest BCUT2D eigenvalue weighted by Gasteiger charge is 2.25. The Hall–Kier alpha value is -2.35. The second-order valence-electron chi connectivity index (χ2n) is 7.13. The fourth-order valence-electron chi connectivity index (χ4n) is 3.00. The predicted molar refractivity (Wildman–Crippen MR) is 137 cm³/mol. The van der Waals surface area contributed by atoms with E-state index in [1.54, 1.807) is 54.6 Å². The van der Waals surface area contributed by atoms with Crippen LogP contribution in [0.2, 0.25) is 20.1 Å². The van der Waals surface area contributed by atoms with Crippen molar-refractivity contribution >= 4 is 75.4 Å². The van der Waals surface area contributed by atoms with Gasteiger partial charge in [-0.1, -0.05) is 64.6 Å². The molecule has 1 saturated heterocycles. The van der Waals surface area contributed by atoms with Crippen molar-refractivity contribution in [1.29, 1.82) is 0 Å². The molecule has 0 atom stereocenters. The van der Waals surface area contributed by atoms with E-state index in [9.17, 15) is 9.59 Å². The van der Waals surface area contributed by atoms with E-state index in [0.29, 0.717) is 42.1 Å². The van der Waals surface area contributed by atoms with Crippen LogP contribution in [0.3, 0.4) is 0 Å². The summed E-state index contributed by atoms with van der Waals surface area (Å²) in [4.78, 5) is 23.7. The normalized spacial score (nSPS) is 14.4. The Labute approximate surface area is 219 Å². The van der Waals surface area contributed by atoms with Gasteiger partial charge in [-0.05, 0) is 70.9 Å². The van der Waals surface area contributed by atoms with E-state index >= 15 is 0 Å². The lowest BCUT2D eigenvalue weighted by molar-refractivity contribution is -0.115. The van der Waals surface area contributed by atoms with Gasteiger partial charge in [-0.15, -0.1) is 0 Å². The number of nitrogens with one attached hydrogen (secondary N) is 1. The minimum Gasteiger partial charge on any atom is -0.485 e. The third-order valence-corrected chi connectivity index (χ3v) is 6.95. The topological polar surface area (TPSA) is 64.6 Å². The van der Waals surface area contributed by atoms with E-state index in [2.05, 4.69) is 5.32 Å². The lowest BCUT2D eigenvalue weighted by Crippen LogP contribution is -2.17. The van der Waals surface area contributed by atoms with Crippen LogP contribution in [0, 0.1) is 0 Å². The number of thioether (sulfide) groups is 1. The lowest BCUT2D eigenvalue weighted by atomic mass is 10.1. The van der Waals surface area contributed by atoms with E-state index in [4.69, 9.17) is 55.9 Å².